The number of anilines is 1. The van der Waals surface area contributed by atoms with Gasteiger partial charge in [0.15, 0.2) is 23.0 Å². The van der Waals surface area contributed by atoms with Crippen LogP contribution >= 0.6 is 15.9 Å². The SMILES string of the molecule is O=C1CC(c2cc3c(cc2Br)OCO3)c2cc3c(cc2N1)OCCO3. The Kier molecular flexibility index (Phi) is 3.31. The van der Waals surface area contributed by atoms with Crippen molar-refractivity contribution in [1.29, 1.82) is 0 Å². The molecule has 128 valence electrons. The van der Waals surface area contributed by atoms with Crippen molar-refractivity contribution < 1.29 is 23.7 Å². The summed E-state index contributed by atoms with van der Waals surface area (Å²) >= 11 is 3.61. The van der Waals surface area contributed by atoms with Gasteiger partial charge < -0.3 is 24.3 Å². The summed E-state index contributed by atoms with van der Waals surface area (Å²) in [5.41, 5.74) is 2.75. The van der Waals surface area contributed by atoms with Crippen molar-refractivity contribution in [1.82, 2.24) is 0 Å². The number of amides is 1. The lowest BCUT2D eigenvalue weighted by atomic mass is 9.84. The Balaban J connectivity index is 1.65. The number of hydrogen-bond acceptors (Lipinski definition) is 5. The minimum atomic E-state index is -0.108. The van der Waals surface area contributed by atoms with Crippen LogP contribution in [0.15, 0.2) is 28.7 Å². The molecule has 0 bridgehead atoms. The number of halogens is 1. The Morgan fingerprint density at radius 2 is 1.52 bits per heavy atom. The molecule has 3 aliphatic heterocycles. The van der Waals surface area contributed by atoms with Gasteiger partial charge in [-0.3, -0.25) is 4.79 Å². The summed E-state index contributed by atoms with van der Waals surface area (Å²) in [5, 5.41) is 2.94. The molecule has 2 aromatic rings. The Morgan fingerprint density at radius 3 is 2.32 bits per heavy atom. The van der Waals surface area contributed by atoms with Crippen LogP contribution < -0.4 is 24.3 Å². The average molecular weight is 404 g/mol. The van der Waals surface area contributed by atoms with Crippen molar-refractivity contribution in [3.8, 4) is 23.0 Å². The zero-order valence-corrected chi connectivity index (χ0v) is 14.7. The highest BCUT2D eigenvalue weighted by atomic mass is 79.9. The normalized spacial score (nSPS) is 20.0. The molecule has 0 spiro atoms. The van der Waals surface area contributed by atoms with Crippen LogP contribution in [0.5, 0.6) is 23.0 Å². The molecular formula is C18H14BrNO5. The minimum absolute atomic E-state index is 0.0289. The highest BCUT2D eigenvalue weighted by Gasteiger charge is 2.31. The molecule has 7 heteroatoms. The molecular weight excluding hydrogens is 390 g/mol. The molecule has 0 saturated heterocycles. The molecule has 0 fully saturated rings. The van der Waals surface area contributed by atoms with Crippen LogP contribution in [0.25, 0.3) is 0 Å². The van der Waals surface area contributed by atoms with E-state index in [2.05, 4.69) is 21.2 Å². The third kappa shape index (κ3) is 2.41. The van der Waals surface area contributed by atoms with Gasteiger partial charge in [0.2, 0.25) is 12.7 Å². The van der Waals surface area contributed by atoms with Crippen molar-refractivity contribution in [2.45, 2.75) is 12.3 Å². The van der Waals surface area contributed by atoms with Crippen LogP contribution in [0.1, 0.15) is 23.5 Å². The summed E-state index contributed by atoms with van der Waals surface area (Å²) in [6, 6.07) is 7.64. The van der Waals surface area contributed by atoms with Crippen molar-refractivity contribution in [3.63, 3.8) is 0 Å². The number of ether oxygens (including phenoxy) is 4. The van der Waals surface area contributed by atoms with Gasteiger partial charge in [0.05, 0.1) is 0 Å². The molecule has 1 atom stereocenters. The van der Waals surface area contributed by atoms with Crippen molar-refractivity contribution in [3.05, 3.63) is 39.9 Å². The second-order valence-electron chi connectivity index (χ2n) is 6.11. The first-order valence-electron chi connectivity index (χ1n) is 8.01. The van der Waals surface area contributed by atoms with Crippen molar-refractivity contribution in [2.75, 3.05) is 25.3 Å². The van der Waals surface area contributed by atoms with Crippen molar-refractivity contribution in [2.24, 2.45) is 0 Å². The van der Waals surface area contributed by atoms with Gasteiger partial charge in [-0.15, -0.1) is 0 Å². The highest BCUT2D eigenvalue weighted by molar-refractivity contribution is 9.10. The van der Waals surface area contributed by atoms with Gasteiger partial charge in [-0.05, 0) is 29.3 Å². The van der Waals surface area contributed by atoms with Gasteiger partial charge in [-0.25, -0.2) is 0 Å². The van der Waals surface area contributed by atoms with E-state index in [1.165, 1.54) is 0 Å². The summed E-state index contributed by atoms with van der Waals surface area (Å²) < 4.78 is 23.1. The van der Waals surface area contributed by atoms with Crippen LogP contribution in [-0.4, -0.2) is 25.9 Å². The predicted octanol–water partition coefficient (Wildman–Crippen LogP) is 3.42. The first-order chi connectivity index (χ1) is 12.2. The van der Waals surface area contributed by atoms with Gasteiger partial charge in [-0.1, -0.05) is 15.9 Å². The summed E-state index contributed by atoms with van der Waals surface area (Å²) in [7, 11) is 0. The largest absolute Gasteiger partial charge is 0.486 e. The molecule has 0 saturated carbocycles. The summed E-state index contributed by atoms with van der Waals surface area (Å²) in [6.07, 6.45) is 0.352. The number of rotatable bonds is 1. The van der Waals surface area contributed by atoms with E-state index in [1.807, 2.05) is 24.3 Å². The smallest absolute Gasteiger partial charge is 0.231 e. The van der Waals surface area contributed by atoms with Gasteiger partial charge in [0.25, 0.3) is 0 Å². The summed E-state index contributed by atoms with van der Waals surface area (Å²) in [4.78, 5) is 12.3. The van der Waals surface area contributed by atoms with E-state index in [0.717, 1.165) is 21.3 Å². The molecule has 1 N–H and O–H groups in total. The predicted molar refractivity (Wildman–Crippen MR) is 92.8 cm³/mol. The van der Waals surface area contributed by atoms with E-state index in [9.17, 15) is 4.79 Å². The molecule has 3 aliphatic rings. The molecule has 25 heavy (non-hydrogen) atoms. The van der Waals surface area contributed by atoms with Crippen LogP contribution in [-0.2, 0) is 4.79 Å². The lowest BCUT2D eigenvalue weighted by Gasteiger charge is -2.29. The average Bonchev–Trinajstić information content (AvgIpc) is 3.06. The topological polar surface area (TPSA) is 66.0 Å². The fourth-order valence-corrected chi connectivity index (χ4v) is 4.07. The molecule has 2 aromatic carbocycles. The van der Waals surface area contributed by atoms with Gasteiger partial charge >= 0.3 is 0 Å². The maximum absolute atomic E-state index is 12.3. The molecule has 0 radical (unpaired) electrons. The third-order valence-corrected chi connectivity index (χ3v) is 5.31. The fraction of sp³-hybridized carbons (Fsp3) is 0.278. The highest BCUT2D eigenvalue weighted by Crippen LogP contribution is 2.47. The standard InChI is InChI=1S/C18H14BrNO5/c19-12-6-16-15(24-8-25-16)3-10(12)9-5-18(21)20-13-7-17-14(4-11(9)13)22-1-2-23-17/h3-4,6-7,9H,1-2,5,8H2,(H,20,21). The number of fused-ring (bicyclic) bond motifs is 3. The molecule has 1 amide bonds. The number of nitrogens with one attached hydrogen (secondary N) is 1. The lowest BCUT2D eigenvalue weighted by molar-refractivity contribution is -0.116. The second-order valence-corrected chi connectivity index (χ2v) is 6.97. The van der Waals surface area contributed by atoms with E-state index >= 15 is 0 Å². The van der Waals surface area contributed by atoms with Gasteiger partial charge in [0.1, 0.15) is 13.2 Å². The van der Waals surface area contributed by atoms with Crippen LogP contribution in [0, 0.1) is 0 Å². The first kappa shape index (κ1) is 14.9. The maximum atomic E-state index is 12.3. The maximum Gasteiger partial charge on any atom is 0.231 e. The van der Waals surface area contributed by atoms with Gasteiger partial charge in [0, 0.05) is 28.6 Å². The van der Waals surface area contributed by atoms with E-state index in [4.69, 9.17) is 18.9 Å². The Morgan fingerprint density at radius 1 is 0.880 bits per heavy atom. The molecule has 1 unspecified atom stereocenters. The number of hydrogen-bond donors (Lipinski definition) is 1. The number of carbonyl (C=O) groups is 1. The van der Waals surface area contributed by atoms with Gasteiger partial charge in [-0.2, -0.15) is 0 Å². The zero-order valence-electron chi connectivity index (χ0n) is 13.1. The Bertz CT molecular complexity index is 898. The summed E-state index contributed by atoms with van der Waals surface area (Å²) in [6.45, 7) is 1.25. The zero-order chi connectivity index (χ0) is 17.0. The van der Waals surface area contributed by atoms with E-state index in [-0.39, 0.29) is 18.6 Å². The van der Waals surface area contributed by atoms with E-state index < -0.39 is 0 Å². The van der Waals surface area contributed by atoms with Crippen LogP contribution in [0.2, 0.25) is 0 Å². The molecule has 6 nitrogen and oxygen atoms in total. The quantitative estimate of drug-likeness (QED) is 0.789. The van der Waals surface area contributed by atoms with E-state index in [0.29, 0.717) is 42.6 Å². The molecule has 0 aromatic heterocycles. The monoisotopic (exact) mass is 403 g/mol. The molecule has 0 aliphatic carbocycles. The third-order valence-electron chi connectivity index (χ3n) is 4.62. The lowest BCUT2D eigenvalue weighted by Crippen LogP contribution is -2.25. The van der Waals surface area contributed by atoms with Crippen molar-refractivity contribution >= 4 is 27.5 Å². The Labute approximate surface area is 152 Å². The summed E-state index contributed by atoms with van der Waals surface area (Å²) in [5.74, 6) is 2.64. The first-order valence-corrected chi connectivity index (χ1v) is 8.81. The second kappa shape index (κ2) is 5.56. The molecule has 3 heterocycles. The minimum Gasteiger partial charge on any atom is -0.486 e. The Hall–Kier alpha value is -2.41. The van der Waals surface area contributed by atoms with E-state index in [1.54, 1.807) is 0 Å². The number of carbonyl (C=O) groups excluding carboxylic acids is 1. The van der Waals surface area contributed by atoms with Crippen LogP contribution in [0.3, 0.4) is 0 Å². The molecule has 5 rings (SSSR count). The van der Waals surface area contributed by atoms with Crippen LogP contribution in [0.4, 0.5) is 5.69 Å². The number of benzene rings is 2. The fourth-order valence-electron chi connectivity index (χ4n) is 3.48.